The van der Waals surface area contributed by atoms with Crippen LogP contribution >= 0.6 is 0 Å². The summed E-state index contributed by atoms with van der Waals surface area (Å²) in [4.78, 5) is 0. The monoisotopic (exact) mass is 386 g/mol. The van der Waals surface area contributed by atoms with Crippen LogP contribution in [0.3, 0.4) is 0 Å². The topological polar surface area (TPSA) is 18.5 Å². The van der Waals surface area contributed by atoms with Crippen molar-refractivity contribution in [2.24, 2.45) is 5.41 Å². The summed E-state index contributed by atoms with van der Waals surface area (Å²) in [5.41, 5.74) is 1.25. The molecule has 1 heterocycles. The van der Waals surface area contributed by atoms with Crippen LogP contribution in [0, 0.1) is 5.41 Å². The molecular weight excluding hydrogens is 355 g/mol. The van der Waals surface area contributed by atoms with Crippen LogP contribution in [-0.2, 0) is 9.16 Å². The van der Waals surface area contributed by atoms with Crippen molar-refractivity contribution in [3.05, 3.63) is 35.9 Å². The summed E-state index contributed by atoms with van der Waals surface area (Å²) in [5.74, 6) is 2.24. The molecule has 1 aliphatic heterocycles. The van der Waals surface area contributed by atoms with E-state index in [0.29, 0.717) is 0 Å². The zero-order valence-corrected chi connectivity index (χ0v) is 17.9. The minimum absolute atomic E-state index is 0.00137. The molecule has 2 atom stereocenters. The van der Waals surface area contributed by atoms with Crippen LogP contribution in [0.25, 0.3) is 0 Å². The van der Waals surface area contributed by atoms with Gasteiger partial charge < -0.3 is 0 Å². The Kier molecular flexibility index (Phi) is 4.76. The van der Waals surface area contributed by atoms with E-state index in [4.69, 9.17) is 9.16 Å². The molecule has 1 aliphatic rings. The molecule has 22 heavy (non-hydrogen) atoms. The Morgan fingerprint density at radius 1 is 1.14 bits per heavy atom. The van der Waals surface area contributed by atoms with E-state index < -0.39 is 13.0 Å². The molecule has 2 rings (SSSR count). The van der Waals surface area contributed by atoms with E-state index in [0.717, 1.165) is 0 Å². The average Bonchev–Trinajstić information content (AvgIpc) is 2.42. The van der Waals surface area contributed by atoms with Gasteiger partial charge in [0.1, 0.15) is 0 Å². The van der Waals surface area contributed by atoms with Gasteiger partial charge in [0.2, 0.25) is 0 Å². The van der Waals surface area contributed by atoms with Crippen LogP contribution in [0.5, 0.6) is 0 Å². The van der Waals surface area contributed by atoms with Crippen molar-refractivity contribution in [2.75, 3.05) is 0 Å². The first-order valence-corrected chi connectivity index (χ1v) is 13.4. The van der Waals surface area contributed by atoms with E-state index in [2.05, 4.69) is 83.9 Å². The van der Waals surface area contributed by atoms with E-state index in [-0.39, 0.29) is 31.5 Å². The molecule has 0 saturated carbocycles. The normalized spacial score (nSPS) is 28.3. The Hall–Kier alpha value is -0.124. The quantitative estimate of drug-likeness (QED) is 0.662. The number of rotatable bonds is 4. The van der Waals surface area contributed by atoms with Gasteiger partial charge in [-0.1, -0.05) is 0 Å². The first-order chi connectivity index (χ1) is 9.97. The Labute approximate surface area is 143 Å². The third-order valence-corrected chi connectivity index (χ3v) is 12.6. The molecule has 0 N–H and O–H groups in total. The van der Waals surface area contributed by atoms with Crippen LogP contribution in [0.1, 0.15) is 46.3 Å². The van der Waals surface area contributed by atoms with Crippen LogP contribution in [0.2, 0.25) is 24.0 Å². The molecule has 2 unspecified atom stereocenters. The van der Waals surface area contributed by atoms with Gasteiger partial charge in [-0.15, -0.1) is 0 Å². The summed E-state index contributed by atoms with van der Waals surface area (Å²) in [6.45, 7) is 16.1. The van der Waals surface area contributed by atoms with E-state index >= 15 is 0 Å². The molecular formula is C18H30O2SeSi. The van der Waals surface area contributed by atoms with Crippen LogP contribution < -0.4 is 0 Å². The third-order valence-electron chi connectivity index (χ3n) is 5.28. The molecule has 1 aromatic rings. The van der Waals surface area contributed by atoms with Crippen LogP contribution in [-0.4, -0.2) is 28.0 Å². The Bertz CT molecular complexity index is 522. The van der Waals surface area contributed by atoms with Gasteiger partial charge in [-0.05, 0) is 0 Å². The average molecular weight is 385 g/mol. The van der Waals surface area contributed by atoms with E-state index in [1.807, 2.05) is 0 Å². The molecule has 1 fully saturated rings. The van der Waals surface area contributed by atoms with Crippen molar-refractivity contribution in [1.82, 2.24) is 0 Å². The SMILES string of the molecule is C[Se]C1(O[Si](C)(C)C(C)(C)C)OC(c2ccccc2)C1(C)C. The van der Waals surface area contributed by atoms with Crippen LogP contribution in [0.15, 0.2) is 30.3 Å². The summed E-state index contributed by atoms with van der Waals surface area (Å²) in [6, 6.07) is 10.5. The predicted octanol–water partition coefficient (Wildman–Crippen LogP) is 5.21. The van der Waals surface area contributed by atoms with Crippen LogP contribution in [0.4, 0.5) is 0 Å². The number of benzene rings is 1. The van der Waals surface area contributed by atoms with Gasteiger partial charge in [-0.2, -0.15) is 0 Å². The van der Waals surface area contributed by atoms with E-state index in [1.165, 1.54) is 5.56 Å². The molecule has 124 valence electrons. The van der Waals surface area contributed by atoms with Crippen molar-refractivity contribution in [1.29, 1.82) is 0 Å². The summed E-state index contributed by atoms with van der Waals surface area (Å²) in [7, 11) is -1.86. The zero-order valence-electron chi connectivity index (χ0n) is 15.2. The third kappa shape index (κ3) is 2.85. The fraction of sp³-hybridized carbons (Fsp3) is 0.667. The molecule has 0 aromatic heterocycles. The second-order valence-corrected chi connectivity index (χ2v) is 15.0. The fourth-order valence-corrected chi connectivity index (χ4v) is 7.61. The zero-order chi connectivity index (χ0) is 16.8. The van der Waals surface area contributed by atoms with Crippen molar-refractivity contribution < 1.29 is 9.16 Å². The van der Waals surface area contributed by atoms with E-state index in [1.54, 1.807) is 0 Å². The molecule has 2 nitrogen and oxygen atoms in total. The second kappa shape index (κ2) is 5.75. The van der Waals surface area contributed by atoms with Gasteiger partial charge in [0.25, 0.3) is 0 Å². The van der Waals surface area contributed by atoms with E-state index in [9.17, 15) is 0 Å². The Morgan fingerprint density at radius 2 is 1.68 bits per heavy atom. The number of ether oxygens (including phenoxy) is 1. The molecule has 4 heteroatoms. The standard InChI is InChI=1S/C18H30O2SeSi/c1-16(2,3)22(7,8)20-18(21-6)17(4,5)15(19-18)14-12-10-9-11-13-14/h9-13,15H,1-8H3. The Balaban J connectivity index is 2.27. The van der Waals surface area contributed by atoms with Gasteiger partial charge in [0, 0.05) is 0 Å². The van der Waals surface area contributed by atoms with Crippen molar-refractivity contribution in [2.45, 2.75) is 69.4 Å². The minimum atomic E-state index is -1.86. The first-order valence-electron chi connectivity index (χ1n) is 7.95. The first kappa shape index (κ1) is 18.2. The van der Waals surface area contributed by atoms with Gasteiger partial charge in [0.05, 0.1) is 0 Å². The van der Waals surface area contributed by atoms with Gasteiger partial charge >= 0.3 is 143 Å². The molecule has 0 aliphatic carbocycles. The van der Waals surface area contributed by atoms with Crippen molar-refractivity contribution >= 4 is 23.3 Å². The van der Waals surface area contributed by atoms with Crippen molar-refractivity contribution in [3.63, 3.8) is 0 Å². The molecule has 0 spiro atoms. The maximum atomic E-state index is 6.79. The summed E-state index contributed by atoms with van der Waals surface area (Å²) in [6.07, 6.45) is 0.125. The Morgan fingerprint density at radius 3 is 2.09 bits per heavy atom. The predicted molar refractivity (Wildman–Crippen MR) is 96.7 cm³/mol. The number of hydrogen-bond donors (Lipinski definition) is 0. The van der Waals surface area contributed by atoms with Gasteiger partial charge in [-0.25, -0.2) is 0 Å². The maximum absolute atomic E-state index is 6.79. The molecule has 1 aromatic carbocycles. The second-order valence-electron chi connectivity index (χ2n) is 8.25. The summed E-state index contributed by atoms with van der Waals surface area (Å²) < 4.78 is 12.8. The fourth-order valence-electron chi connectivity index (χ4n) is 2.67. The summed E-state index contributed by atoms with van der Waals surface area (Å²) in [5, 5.41) is 0.197. The van der Waals surface area contributed by atoms with Crippen molar-refractivity contribution in [3.8, 4) is 0 Å². The molecule has 1 saturated heterocycles. The van der Waals surface area contributed by atoms with Gasteiger partial charge in [0.15, 0.2) is 0 Å². The molecule has 0 amide bonds. The van der Waals surface area contributed by atoms with Gasteiger partial charge in [-0.3, -0.25) is 0 Å². The number of hydrogen-bond acceptors (Lipinski definition) is 2. The summed E-state index contributed by atoms with van der Waals surface area (Å²) >= 11 is 0.275. The molecule has 0 bridgehead atoms. The molecule has 0 radical (unpaired) electrons.